The Bertz CT molecular complexity index is 163. The molecule has 0 unspecified atom stereocenters. The number of hydrogen-bond donors (Lipinski definition) is 2. The molecule has 2 N–H and O–H groups in total. The molecule has 0 aliphatic heterocycles. The Kier molecular flexibility index (Phi) is 7.98. The van der Waals surface area contributed by atoms with Crippen molar-refractivity contribution in [1.29, 1.82) is 0 Å². The van der Waals surface area contributed by atoms with Crippen LogP contribution in [0.25, 0.3) is 0 Å². The van der Waals surface area contributed by atoms with Crippen molar-refractivity contribution in [3.05, 3.63) is 0 Å². The van der Waals surface area contributed by atoms with Crippen LogP contribution in [-0.2, 0) is 4.74 Å². The quantitative estimate of drug-likeness (QED) is 0.598. The van der Waals surface area contributed by atoms with Gasteiger partial charge in [-0.1, -0.05) is 27.7 Å². The lowest BCUT2D eigenvalue weighted by Crippen LogP contribution is -2.36. The molecule has 3 nitrogen and oxygen atoms in total. The second kappa shape index (κ2) is 8.04. The first kappa shape index (κ1) is 15.9. The van der Waals surface area contributed by atoms with Gasteiger partial charge in [-0.05, 0) is 24.7 Å². The van der Waals surface area contributed by atoms with Gasteiger partial charge >= 0.3 is 0 Å². The zero-order valence-electron chi connectivity index (χ0n) is 11.2. The summed E-state index contributed by atoms with van der Waals surface area (Å²) in [6.45, 7) is 9.83. The Balaban J connectivity index is 3.86. The van der Waals surface area contributed by atoms with Gasteiger partial charge in [-0.3, -0.25) is 0 Å². The first-order chi connectivity index (χ1) is 7.48. The second-order valence-electron chi connectivity index (χ2n) is 5.38. The van der Waals surface area contributed by atoms with Crippen LogP contribution >= 0.6 is 0 Å². The summed E-state index contributed by atoms with van der Waals surface area (Å²) in [5, 5.41) is 18.8. The largest absolute Gasteiger partial charge is 0.396 e. The van der Waals surface area contributed by atoms with Gasteiger partial charge < -0.3 is 14.9 Å². The first-order valence-electron chi connectivity index (χ1n) is 6.28. The minimum absolute atomic E-state index is 0.0225. The average molecular weight is 232 g/mol. The van der Waals surface area contributed by atoms with Crippen molar-refractivity contribution in [2.45, 2.75) is 40.5 Å². The van der Waals surface area contributed by atoms with Gasteiger partial charge in [-0.25, -0.2) is 0 Å². The van der Waals surface area contributed by atoms with Crippen LogP contribution in [0.5, 0.6) is 0 Å². The van der Waals surface area contributed by atoms with E-state index in [1.54, 1.807) is 0 Å². The third kappa shape index (κ3) is 5.28. The van der Waals surface area contributed by atoms with Crippen LogP contribution in [0.3, 0.4) is 0 Å². The summed E-state index contributed by atoms with van der Waals surface area (Å²) >= 11 is 0. The summed E-state index contributed by atoms with van der Waals surface area (Å²) in [6.07, 6.45) is 1.78. The van der Waals surface area contributed by atoms with Gasteiger partial charge in [0, 0.05) is 18.6 Å². The molecule has 0 saturated carbocycles. The SMILES string of the molecule is CC(C)CCOCCC(CO)(CO)C(C)C. The molecule has 0 aromatic rings. The molecule has 0 aliphatic carbocycles. The number of hydrogen-bond acceptors (Lipinski definition) is 3. The number of rotatable bonds is 9. The Morgan fingerprint density at radius 1 is 1.00 bits per heavy atom. The van der Waals surface area contributed by atoms with Crippen molar-refractivity contribution in [2.24, 2.45) is 17.3 Å². The zero-order valence-corrected chi connectivity index (χ0v) is 11.2. The molecule has 3 heteroatoms. The molecule has 0 spiro atoms. The first-order valence-corrected chi connectivity index (χ1v) is 6.28. The lowest BCUT2D eigenvalue weighted by atomic mass is 9.76. The lowest BCUT2D eigenvalue weighted by molar-refractivity contribution is -0.0161. The van der Waals surface area contributed by atoms with E-state index < -0.39 is 5.41 Å². The maximum absolute atomic E-state index is 9.38. The van der Waals surface area contributed by atoms with Gasteiger partial charge in [0.2, 0.25) is 0 Å². The summed E-state index contributed by atoms with van der Waals surface area (Å²) < 4.78 is 5.53. The molecule has 0 fully saturated rings. The summed E-state index contributed by atoms with van der Waals surface area (Å²) in [6, 6.07) is 0. The van der Waals surface area contributed by atoms with Gasteiger partial charge in [0.15, 0.2) is 0 Å². The van der Waals surface area contributed by atoms with E-state index >= 15 is 0 Å². The highest BCUT2D eigenvalue weighted by atomic mass is 16.5. The van der Waals surface area contributed by atoms with E-state index in [4.69, 9.17) is 4.74 Å². The van der Waals surface area contributed by atoms with E-state index in [2.05, 4.69) is 13.8 Å². The Morgan fingerprint density at radius 2 is 1.56 bits per heavy atom. The van der Waals surface area contributed by atoms with Crippen LogP contribution in [0.15, 0.2) is 0 Å². The third-order valence-corrected chi connectivity index (χ3v) is 3.44. The van der Waals surface area contributed by atoms with E-state index in [0.717, 1.165) is 19.4 Å². The molecule has 0 aromatic heterocycles. The highest BCUT2D eigenvalue weighted by Gasteiger charge is 2.32. The van der Waals surface area contributed by atoms with E-state index in [1.807, 2.05) is 13.8 Å². The Labute approximate surface area is 99.8 Å². The van der Waals surface area contributed by atoms with Crippen molar-refractivity contribution in [1.82, 2.24) is 0 Å². The number of aliphatic hydroxyl groups is 2. The Hall–Kier alpha value is -0.120. The minimum atomic E-state index is -0.391. The molecule has 0 bridgehead atoms. The van der Waals surface area contributed by atoms with E-state index in [1.165, 1.54) is 0 Å². The normalized spacial score (nSPS) is 12.8. The third-order valence-electron chi connectivity index (χ3n) is 3.44. The van der Waals surface area contributed by atoms with Crippen molar-refractivity contribution in [3.63, 3.8) is 0 Å². The van der Waals surface area contributed by atoms with Crippen LogP contribution in [0.2, 0.25) is 0 Å². The molecule has 0 rings (SSSR count). The topological polar surface area (TPSA) is 49.7 Å². The van der Waals surface area contributed by atoms with Gasteiger partial charge in [-0.2, -0.15) is 0 Å². The Morgan fingerprint density at radius 3 is 1.94 bits per heavy atom. The fourth-order valence-corrected chi connectivity index (χ4v) is 1.56. The van der Waals surface area contributed by atoms with Crippen LogP contribution in [0.1, 0.15) is 40.5 Å². The molecule has 0 amide bonds. The van der Waals surface area contributed by atoms with E-state index in [9.17, 15) is 10.2 Å². The fraction of sp³-hybridized carbons (Fsp3) is 1.00. The smallest absolute Gasteiger partial charge is 0.0512 e. The predicted octanol–water partition coefficient (Wildman–Crippen LogP) is 2.07. The predicted molar refractivity (Wildman–Crippen MR) is 66.3 cm³/mol. The summed E-state index contributed by atoms with van der Waals surface area (Å²) in [7, 11) is 0. The molecular formula is C13H28O3. The molecule has 0 aliphatic rings. The lowest BCUT2D eigenvalue weighted by Gasteiger charge is -2.33. The molecule has 98 valence electrons. The van der Waals surface area contributed by atoms with Crippen molar-refractivity contribution >= 4 is 0 Å². The molecule has 16 heavy (non-hydrogen) atoms. The van der Waals surface area contributed by atoms with Gasteiger partial charge in [0.1, 0.15) is 0 Å². The van der Waals surface area contributed by atoms with E-state index in [0.29, 0.717) is 12.5 Å². The molecule has 0 aromatic carbocycles. The van der Waals surface area contributed by atoms with Gasteiger partial charge in [0.25, 0.3) is 0 Å². The molecule has 0 heterocycles. The minimum Gasteiger partial charge on any atom is -0.396 e. The summed E-state index contributed by atoms with van der Waals surface area (Å²) in [5.74, 6) is 0.918. The van der Waals surface area contributed by atoms with Crippen molar-refractivity contribution in [2.75, 3.05) is 26.4 Å². The monoisotopic (exact) mass is 232 g/mol. The second-order valence-corrected chi connectivity index (χ2v) is 5.38. The van der Waals surface area contributed by atoms with Crippen LogP contribution in [-0.4, -0.2) is 36.6 Å². The molecule has 0 atom stereocenters. The van der Waals surface area contributed by atoms with E-state index in [-0.39, 0.29) is 19.1 Å². The fourth-order valence-electron chi connectivity index (χ4n) is 1.56. The van der Waals surface area contributed by atoms with Crippen LogP contribution < -0.4 is 0 Å². The standard InChI is InChI=1S/C13H28O3/c1-11(2)5-7-16-8-6-13(9-14,10-15)12(3)4/h11-12,14-15H,5-10H2,1-4H3. The molecular weight excluding hydrogens is 204 g/mol. The average Bonchev–Trinajstić information content (AvgIpc) is 2.23. The van der Waals surface area contributed by atoms with Gasteiger partial charge in [-0.15, -0.1) is 0 Å². The molecule has 0 radical (unpaired) electrons. The van der Waals surface area contributed by atoms with Crippen LogP contribution in [0, 0.1) is 17.3 Å². The van der Waals surface area contributed by atoms with Crippen LogP contribution in [0.4, 0.5) is 0 Å². The summed E-state index contributed by atoms with van der Waals surface area (Å²) in [4.78, 5) is 0. The zero-order chi connectivity index (χ0) is 12.6. The van der Waals surface area contributed by atoms with Gasteiger partial charge in [0.05, 0.1) is 13.2 Å². The highest BCUT2D eigenvalue weighted by molar-refractivity contribution is 4.80. The number of aliphatic hydroxyl groups excluding tert-OH is 2. The van der Waals surface area contributed by atoms with Crippen molar-refractivity contribution in [3.8, 4) is 0 Å². The highest BCUT2D eigenvalue weighted by Crippen LogP contribution is 2.30. The maximum atomic E-state index is 9.38. The molecule has 0 saturated heterocycles. The van der Waals surface area contributed by atoms with Crippen molar-refractivity contribution < 1.29 is 14.9 Å². The maximum Gasteiger partial charge on any atom is 0.0512 e. The number of ether oxygens (including phenoxy) is 1. The summed E-state index contributed by atoms with van der Waals surface area (Å²) in [5.41, 5.74) is -0.391.